The van der Waals surface area contributed by atoms with Crippen molar-refractivity contribution in [3.63, 3.8) is 0 Å². The maximum atomic E-state index is 12.8. The van der Waals surface area contributed by atoms with Crippen LogP contribution >= 0.6 is 0 Å². The average molecular weight is 285 g/mol. The van der Waals surface area contributed by atoms with Gasteiger partial charge in [0.2, 0.25) is 0 Å². The van der Waals surface area contributed by atoms with E-state index in [-0.39, 0.29) is 11.7 Å². The van der Waals surface area contributed by atoms with Crippen LogP contribution < -0.4 is 5.32 Å². The van der Waals surface area contributed by atoms with Gasteiger partial charge in [-0.25, -0.2) is 4.39 Å². The zero-order valence-electron chi connectivity index (χ0n) is 12.4. The first kappa shape index (κ1) is 15.2. The predicted octanol–water partition coefficient (Wildman–Crippen LogP) is 3.95. The van der Waals surface area contributed by atoms with E-state index >= 15 is 0 Å². The maximum Gasteiger partial charge on any atom is 0.251 e. The Labute approximate surface area is 125 Å². The monoisotopic (exact) mass is 285 g/mol. The van der Waals surface area contributed by atoms with Gasteiger partial charge in [-0.15, -0.1) is 0 Å². The molecule has 2 aromatic carbocycles. The molecule has 2 nitrogen and oxygen atoms in total. The summed E-state index contributed by atoms with van der Waals surface area (Å²) >= 11 is 0. The van der Waals surface area contributed by atoms with E-state index in [4.69, 9.17) is 0 Å². The molecule has 0 bridgehead atoms. The van der Waals surface area contributed by atoms with E-state index in [0.29, 0.717) is 18.0 Å². The van der Waals surface area contributed by atoms with Gasteiger partial charge in [-0.3, -0.25) is 4.79 Å². The van der Waals surface area contributed by atoms with Gasteiger partial charge < -0.3 is 5.32 Å². The molecule has 0 aliphatic rings. The van der Waals surface area contributed by atoms with Gasteiger partial charge in [-0.1, -0.05) is 38.1 Å². The number of halogens is 1. The van der Waals surface area contributed by atoms with Crippen LogP contribution in [0.15, 0.2) is 48.5 Å². The molecule has 0 unspecified atom stereocenters. The third kappa shape index (κ3) is 4.71. The largest absolute Gasteiger partial charge is 0.348 e. The molecule has 0 aromatic heterocycles. The summed E-state index contributed by atoms with van der Waals surface area (Å²) in [5.41, 5.74) is 2.76. The van der Waals surface area contributed by atoms with Gasteiger partial charge in [0, 0.05) is 12.1 Å². The Kier molecular flexibility index (Phi) is 5.09. The van der Waals surface area contributed by atoms with Gasteiger partial charge >= 0.3 is 0 Å². The van der Waals surface area contributed by atoms with Crippen molar-refractivity contribution in [3.05, 3.63) is 71.0 Å². The summed E-state index contributed by atoms with van der Waals surface area (Å²) < 4.78 is 12.8. The second-order valence-electron chi connectivity index (χ2n) is 5.60. The number of hydrogen-bond donors (Lipinski definition) is 1. The van der Waals surface area contributed by atoms with Gasteiger partial charge in [0.1, 0.15) is 5.82 Å². The molecule has 110 valence electrons. The lowest BCUT2D eigenvalue weighted by Crippen LogP contribution is -2.22. The molecule has 21 heavy (non-hydrogen) atoms. The minimum absolute atomic E-state index is 0.115. The Morgan fingerprint density at radius 3 is 2.14 bits per heavy atom. The van der Waals surface area contributed by atoms with Crippen LogP contribution in [0.25, 0.3) is 0 Å². The van der Waals surface area contributed by atoms with E-state index in [9.17, 15) is 9.18 Å². The SMILES string of the molecule is CC(C)Cc1ccc(C(=O)NCc2ccc(F)cc2)cc1. The second kappa shape index (κ2) is 7.02. The van der Waals surface area contributed by atoms with Crippen LogP contribution in [-0.4, -0.2) is 5.91 Å². The van der Waals surface area contributed by atoms with Crippen molar-refractivity contribution in [2.75, 3.05) is 0 Å². The van der Waals surface area contributed by atoms with Crippen molar-refractivity contribution in [3.8, 4) is 0 Å². The first-order chi connectivity index (χ1) is 10.0. The lowest BCUT2D eigenvalue weighted by atomic mass is 10.0. The van der Waals surface area contributed by atoms with E-state index in [0.717, 1.165) is 12.0 Å². The fourth-order valence-electron chi connectivity index (χ4n) is 2.15. The van der Waals surface area contributed by atoms with E-state index < -0.39 is 0 Å². The topological polar surface area (TPSA) is 29.1 Å². The molecular weight excluding hydrogens is 265 g/mol. The first-order valence-corrected chi connectivity index (χ1v) is 7.16. The van der Waals surface area contributed by atoms with E-state index in [1.54, 1.807) is 12.1 Å². The fourth-order valence-corrected chi connectivity index (χ4v) is 2.15. The number of nitrogens with one attached hydrogen (secondary N) is 1. The molecule has 1 amide bonds. The summed E-state index contributed by atoms with van der Waals surface area (Å²) in [6.45, 7) is 4.74. The average Bonchev–Trinajstić information content (AvgIpc) is 2.46. The van der Waals surface area contributed by atoms with Crippen LogP contribution in [0.1, 0.15) is 35.3 Å². The first-order valence-electron chi connectivity index (χ1n) is 7.16. The highest BCUT2D eigenvalue weighted by Gasteiger charge is 2.06. The van der Waals surface area contributed by atoms with Gasteiger partial charge in [-0.2, -0.15) is 0 Å². The molecule has 0 aliphatic carbocycles. The Bertz CT molecular complexity index is 588. The zero-order valence-corrected chi connectivity index (χ0v) is 12.4. The van der Waals surface area contributed by atoms with Crippen LogP contribution in [0.2, 0.25) is 0 Å². The summed E-state index contributed by atoms with van der Waals surface area (Å²) in [6, 6.07) is 13.8. The van der Waals surface area contributed by atoms with Crippen molar-refractivity contribution in [1.29, 1.82) is 0 Å². The molecule has 0 fully saturated rings. The van der Waals surface area contributed by atoms with Crippen LogP contribution in [0.5, 0.6) is 0 Å². The number of carbonyl (C=O) groups is 1. The molecule has 0 atom stereocenters. The molecule has 0 radical (unpaired) electrons. The third-order valence-corrected chi connectivity index (χ3v) is 3.23. The molecular formula is C18H20FNO. The van der Waals surface area contributed by atoms with Gasteiger partial charge in [0.25, 0.3) is 5.91 Å². The smallest absolute Gasteiger partial charge is 0.251 e. The van der Waals surface area contributed by atoms with Crippen LogP contribution in [0.3, 0.4) is 0 Å². The maximum absolute atomic E-state index is 12.8. The Morgan fingerprint density at radius 2 is 1.57 bits per heavy atom. The predicted molar refractivity (Wildman–Crippen MR) is 82.6 cm³/mol. The lowest BCUT2D eigenvalue weighted by molar-refractivity contribution is 0.0951. The molecule has 1 N–H and O–H groups in total. The molecule has 0 heterocycles. The van der Waals surface area contributed by atoms with Crippen molar-refractivity contribution < 1.29 is 9.18 Å². The highest BCUT2D eigenvalue weighted by atomic mass is 19.1. The van der Waals surface area contributed by atoms with E-state index in [2.05, 4.69) is 19.2 Å². The molecule has 0 saturated heterocycles. The fraction of sp³-hybridized carbons (Fsp3) is 0.278. The number of rotatable bonds is 5. The molecule has 0 spiro atoms. The highest BCUT2D eigenvalue weighted by Crippen LogP contribution is 2.10. The van der Waals surface area contributed by atoms with Crippen molar-refractivity contribution >= 4 is 5.91 Å². The molecule has 2 rings (SSSR count). The number of carbonyl (C=O) groups excluding carboxylic acids is 1. The Morgan fingerprint density at radius 1 is 1.00 bits per heavy atom. The molecule has 3 heteroatoms. The summed E-state index contributed by atoms with van der Waals surface area (Å²) in [6.07, 6.45) is 1.01. The molecule has 0 saturated carbocycles. The number of hydrogen-bond acceptors (Lipinski definition) is 1. The summed E-state index contributed by atoms with van der Waals surface area (Å²) in [7, 11) is 0. The number of amides is 1. The van der Waals surface area contributed by atoms with E-state index in [1.807, 2.05) is 24.3 Å². The van der Waals surface area contributed by atoms with Crippen LogP contribution in [-0.2, 0) is 13.0 Å². The minimum Gasteiger partial charge on any atom is -0.348 e. The van der Waals surface area contributed by atoms with Crippen LogP contribution in [0.4, 0.5) is 4.39 Å². The van der Waals surface area contributed by atoms with Crippen molar-refractivity contribution in [1.82, 2.24) is 5.32 Å². The van der Waals surface area contributed by atoms with Gasteiger partial charge in [0.05, 0.1) is 0 Å². The standard InChI is InChI=1S/C18H20FNO/c1-13(2)11-14-3-7-16(8-4-14)18(21)20-12-15-5-9-17(19)10-6-15/h3-10,13H,11-12H2,1-2H3,(H,20,21). The molecule has 0 aliphatic heterocycles. The lowest BCUT2D eigenvalue weighted by Gasteiger charge is -2.08. The second-order valence-corrected chi connectivity index (χ2v) is 5.60. The van der Waals surface area contributed by atoms with E-state index in [1.165, 1.54) is 17.7 Å². The summed E-state index contributed by atoms with van der Waals surface area (Å²) in [4.78, 5) is 12.0. The normalized spacial score (nSPS) is 10.7. The summed E-state index contributed by atoms with van der Waals surface area (Å²) in [5.74, 6) is 0.212. The minimum atomic E-state index is -0.272. The Balaban J connectivity index is 1.92. The highest BCUT2D eigenvalue weighted by molar-refractivity contribution is 5.94. The third-order valence-electron chi connectivity index (χ3n) is 3.23. The van der Waals surface area contributed by atoms with Crippen LogP contribution in [0, 0.1) is 11.7 Å². The summed E-state index contributed by atoms with van der Waals surface area (Å²) in [5, 5.41) is 2.83. The quantitative estimate of drug-likeness (QED) is 0.885. The van der Waals surface area contributed by atoms with Crippen molar-refractivity contribution in [2.45, 2.75) is 26.8 Å². The van der Waals surface area contributed by atoms with Gasteiger partial charge in [-0.05, 0) is 47.7 Å². The van der Waals surface area contributed by atoms with Gasteiger partial charge in [0.15, 0.2) is 0 Å². The number of benzene rings is 2. The Hall–Kier alpha value is -2.16. The van der Waals surface area contributed by atoms with Crippen molar-refractivity contribution in [2.24, 2.45) is 5.92 Å². The molecule has 2 aromatic rings. The zero-order chi connectivity index (χ0) is 15.2.